The summed E-state index contributed by atoms with van der Waals surface area (Å²) >= 11 is 3.20. The molecule has 0 spiro atoms. The maximum absolute atomic E-state index is 13.1. The predicted octanol–water partition coefficient (Wildman–Crippen LogP) is 3.58. The Bertz CT molecular complexity index is 651. The molecule has 106 valence electrons. The minimum absolute atomic E-state index is 0.0451. The number of carbonyl (C=O) groups excluding carboxylic acids is 1. The molecule has 1 heterocycles. The molecule has 0 bridgehead atoms. The second-order valence-corrected chi connectivity index (χ2v) is 4.84. The molecule has 0 aliphatic rings. The number of nitrogens with zero attached hydrogens (tertiary/aromatic N) is 2. The largest absolute Gasteiger partial charge is 0.454 e. The highest BCUT2D eigenvalue weighted by Gasteiger charge is 2.39. The third-order valence-corrected chi connectivity index (χ3v) is 3.27. The van der Waals surface area contributed by atoms with Crippen molar-refractivity contribution in [2.45, 2.75) is 12.7 Å². The van der Waals surface area contributed by atoms with E-state index in [-0.39, 0.29) is 6.54 Å². The number of rotatable bonds is 3. The summed E-state index contributed by atoms with van der Waals surface area (Å²) < 4.78 is 51.6. The van der Waals surface area contributed by atoms with Crippen LogP contribution in [0.2, 0.25) is 0 Å². The van der Waals surface area contributed by atoms with E-state index in [9.17, 15) is 22.4 Å². The molecule has 0 saturated carbocycles. The van der Waals surface area contributed by atoms with Crippen LogP contribution in [0.25, 0.3) is 0 Å². The van der Waals surface area contributed by atoms with Crippen molar-refractivity contribution in [3.8, 4) is 0 Å². The minimum Gasteiger partial charge on any atom is -0.284 e. The molecule has 8 heteroatoms. The van der Waals surface area contributed by atoms with Crippen molar-refractivity contribution in [3.05, 3.63) is 52.0 Å². The maximum atomic E-state index is 13.1. The fraction of sp³-hybridized carbons (Fsp3) is 0.167. The zero-order valence-electron chi connectivity index (χ0n) is 9.79. The number of alkyl halides is 3. The first-order valence-corrected chi connectivity index (χ1v) is 6.14. The Balaban J connectivity index is 2.22. The van der Waals surface area contributed by atoms with E-state index in [4.69, 9.17) is 0 Å². The maximum Gasteiger partial charge on any atom is 0.454 e. The van der Waals surface area contributed by atoms with Gasteiger partial charge in [-0.05, 0) is 23.8 Å². The van der Waals surface area contributed by atoms with E-state index in [0.717, 1.165) is 17.1 Å². The monoisotopic (exact) mass is 350 g/mol. The number of benzene rings is 1. The summed E-state index contributed by atoms with van der Waals surface area (Å²) in [6.45, 7) is 0.0451. The van der Waals surface area contributed by atoms with Gasteiger partial charge >= 0.3 is 6.18 Å². The normalized spacial score (nSPS) is 11.7. The highest BCUT2D eigenvalue weighted by molar-refractivity contribution is 9.10. The van der Waals surface area contributed by atoms with Crippen molar-refractivity contribution in [1.29, 1.82) is 0 Å². The summed E-state index contributed by atoms with van der Waals surface area (Å²) in [5.74, 6) is -2.43. The van der Waals surface area contributed by atoms with Gasteiger partial charge in [-0.15, -0.1) is 0 Å². The molecule has 1 aromatic heterocycles. The molecule has 0 fully saturated rings. The fourth-order valence-electron chi connectivity index (χ4n) is 1.57. The van der Waals surface area contributed by atoms with Crippen LogP contribution in [0.15, 0.2) is 35.1 Å². The topological polar surface area (TPSA) is 34.9 Å². The molecule has 20 heavy (non-hydrogen) atoms. The summed E-state index contributed by atoms with van der Waals surface area (Å²) in [5.41, 5.74) is -0.0517. The molecule has 1 aromatic carbocycles. The number of hydrogen-bond donors (Lipinski definition) is 0. The smallest absolute Gasteiger partial charge is 0.284 e. The summed E-state index contributed by atoms with van der Waals surface area (Å²) in [7, 11) is 0. The molecule has 0 saturated heterocycles. The number of ketones is 1. The van der Waals surface area contributed by atoms with Gasteiger partial charge in [0.05, 0.1) is 18.3 Å². The molecule has 2 aromatic rings. The van der Waals surface area contributed by atoms with E-state index >= 15 is 0 Å². The van der Waals surface area contributed by atoms with Crippen LogP contribution in [0.3, 0.4) is 0 Å². The van der Waals surface area contributed by atoms with Gasteiger partial charge in [0.25, 0.3) is 5.78 Å². The lowest BCUT2D eigenvalue weighted by atomic mass is 10.2. The Hall–Kier alpha value is -1.70. The fourth-order valence-corrected chi connectivity index (χ4v) is 1.94. The Morgan fingerprint density at radius 2 is 2.05 bits per heavy atom. The number of aromatic nitrogens is 2. The van der Waals surface area contributed by atoms with Gasteiger partial charge in [0.15, 0.2) is 0 Å². The Labute approximate surface area is 119 Å². The van der Waals surface area contributed by atoms with Crippen LogP contribution in [0, 0.1) is 5.82 Å². The standard InChI is InChI=1S/C12H7BrF4N2O/c13-10-2-1-9(14)3-7(10)5-19-6-8(4-18-19)11(20)12(15,16)17/h1-4,6H,5H2. The molecule has 0 radical (unpaired) electrons. The van der Waals surface area contributed by atoms with Gasteiger partial charge in [0, 0.05) is 10.7 Å². The quantitative estimate of drug-likeness (QED) is 0.626. The van der Waals surface area contributed by atoms with Crippen LogP contribution in [0.1, 0.15) is 15.9 Å². The molecule has 0 atom stereocenters. The van der Waals surface area contributed by atoms with Crippen molar-refractivity contribution >= 4 is 21.7 Å². The number of carbonyl (C=O) groups is 1. The minimum atomic E-state index is -4.94. The number of hydrogen-bond acceptors (Lipinski definition) is 2. The predicted molar refractivity (Wildman–Crippen MR) is 65.8 cm³/mol. The molecule has 0 N–H and O–H groups in total. The van der Waals surface area contributed by atoms with Gasteiger partial charge in [0.1, 0.15) is 5.82 Å². The Morgan fingerprint density at radius 3 is 2.70 bits per heavy atom. The van der Waals surface area contributed by atoms with E-state index in [0.29, 0.717) is 10.0 Å². The van der Waals surface area contributed by atoms with Gasteiger partial charge in [-0.1, -0.05) is 15.9 Å². The molecular formula is C12H7BrF4N2O. The van der Waals surface area contributed by atoms with Crippen molar-refractivity contribution in [2.24, 2.45) is 0 Å². The van der Waals surface area contributed by atoms with Gasteiger partial charge in [-0.2, -0.15) is 18.3 Å². The first-order valence-electron chi connectivity index (χ1n) is 5.35. The molecule has 0 unspecified atom stereocenters. The molecule has 0 aliphatic carbocycles. The van der Waals surface area contributed by atoms with Gasteiger partial charge in [-0.25, -0.2) is 4.39 Å². The zero-order valence-corrected chi connectivity index (χ0v) is 11.4. The summed E-state index contributed by atoms with van der Waals surface area (Å²) in [6, 6.07) is 3.96. The highest BCUT2D eigenvalue weighted by Crippen LogP contribution is 2.22. The molecule has 3 nitrogen and oxygen atoms in total. The Kier molecular flexibility index (Phi) is 3.94. The van der Waals surface area contributed by atoms with Crippen molar-refractivity contribution in [3.63, 3.8) is 0 Å². The number of halogens is 5. The second-order valence-electron chi connectivity index (χ2n) is 3.99. The second kappa shape index (κ2) is 5.35. The van der Waals surface area contributed by atoms with E-state index in [2.05, 4.69) is 21.0 Å². The Morgan fingerprint density at radius 1 is 1.35 bits per heavy atom. The summed E-state index contributed by atoms with van der Waals surface area (Å²) in [4.78, 5) is 11.0. The number of Topliss-reactive ketones (excluding diaryl/α,β-unsaturated/α-hetero) is 1. The van der Waals surface area contributed by atoms with Crippen LogP contribution in [0.5, 0.6) is 0 Å². The van der Waals surface area contributed by atoms with Crippen LogP contribution in [-0.2, 0) is 6.54 Å². The van der Waals surface area contributed by atoms with Gasteiger partial charge in [-0.3, -0.25) is 9.48 Å². The SMILES string of the molecule is O=C(c1cnn(Cc2cc(F)ccc2Br)c1)C(F)(F)F. The van der Waals surface area contributed by atoms with E-state index in [1.165, 1.54) is 18.2 Å². The van der Waals surface area contributed by atoms with E-state index in [1.54, 1.807) is 0 Å². The van der Waals surface area contributed by atoms with Crippen LogP contribution < -0.4 is 0 Å². The van der Waals surface area contributed by atoms with Crippen molar-refractivity contribution < 1.29 is 22.4 Å². The lowest BCUT2D eigenvalue weighted by Gasteiger charge is -2.05. The summed E-state index contributed by atoms with van der Waals surface area (Å²) in [6.07, 6.45) is -3.12. The summed E-state index contributed by atoms with van der Waals surface area (Å²) in [5, 5.41) is 3.67. The van der Waals surface area contributed by atoms with Crippen molar-refractivity contribution in [2.75, 3.05) is 0 Å². The van der Waals surface area contributed by atoms with Gasteiger partial charge in [0.2, 0.25) is 0 Å². The van der Waals surface area contributed by atoms with Crippen LogP contribution >= 0.6 is 15.9 Å². The van der Waals surface area contributed by atoms with Gasteiger partial charge < -0.3 is 0 Å². The third kappa shape index (κ3) is 3.24. The first kappa shape index (κ1) is 14.7. The first-order chi connectivity index (χ1) is 9.27. The lowest BCUT2D eigenvalue weighted by Crippen LogP contribution is -2.22. The molecule has 2 rings (SSSR count). The molecule has 0 aliphatic heterocycles. The van der Waals surface area contributed by atoms with Crippen LogP contribution in [0.4, 0.5) is 17.6 Å². The average Bonchev–Trinajstić information content (AvgIpc) is 2.80. The average molecular weight is 351 g/mol. The highest BCUT2D eigenvalue weighted by atomic mass is 79.9. The van der Waals surface area contributed by atoms with E-state index < -0.39 is 23.3 Å². The van der Waals surface area contributed by atoms with E-state index in [1.807, 2.05) is 0 Å². The third-order valence-electron chi connectivity index (χ3n) is 2.49. The molecular weight excluding hydrogens is 344 g/mol. The molecule has 0 amide bonds. The lowest BCUT2D eigenvalue weighted by molar-refractivity contribution is -0.0885. The van der Waals surface area contributed by atoms with Crippen molar-refractivity contribution in [1.82, 2.24) is 9.78 Å². The van der Waals surface area contributed by atoms with Crippen LogP contribution in [-0.4, -0.2) is 21.7 Å². The zero-order chi connectivity index (χ0) is 14.9.